The van der Waals surface area contributed by atoms with Crippen LogP contribution in [0.25, 0.3) is 0 Å². The summed E-state index contributed by atoms with van der Waals surface area (Å²) < 4.78 is 0. The Bertz CT molecular complexity index is 531. The van der Waals surface area contributed by atoms with Crippen LogP contribution >= 0.6 is 0 Å². The van der Waals surface area contributed by atoms with Gasteiger partial charge >= 0.3 is 0 Å². The number of aliphatic hydroxyl groups excluding tert-OH is 1. The quantitative estimate of drug-likeness (QED) is 0.797. The maximum absolute atomic E-state index is 11.3. The molecule has 1 aliphatic heterocycles. The molecule has 0 bridgehead atoms. The summed E-state index contributed by atoms with van der Waals surface area (Å²) in [6.07, 6.45) is 1.91. The van der Waals surface area contributed by atoms with E-state index in [9.17, 15) is 4.79 Å². The first kappa shape index (κ1) is 14.6. The minimum absolute atomic E-state index is 0.0267. The summed E-state index contributed by atoms with van der Waals surface area (Å²) in [7, 11) is 0. The number of aliphatic hydroxyl groups is 1. The number of nitrogens with zero attached hydrogens (tertiary/aromatic N) is 1. The monoisotopic (exact) mass is 272 g/mol. The summed E-state index contributed by atoms with van der Waals surface area (Å²) in [5, 5.41) is 8.71. The topological polar surface area (TPSA) is 66.6 Å². The third-order valence-electron chi connectivity index (χ3n) is 3.55. The highest BCUT2D eigenvalue weighted by atomic mass is 16.2. The second kappa shape index (κ2) is 7.09. The molecule has 0 aliphatic carbocycles. The standard InChI is InChI=1S/C16H20N2O2/c17-16(20)15-7-2-8-18(12-15)11-14-5-1-4-13(10-14)6-3-9-19/h1,4-5,10,15,19H,2,7-9,11-12H2,(H2,17,20). The van der Waals surface area contributed by atoms with Crippen molar-refractivity contribution in [2.75, 3.05) is 19.7 Å². The lowest BCUT2D eigenvalue weighted by atomic mass is 9.97. The summed E-state index contributed by atoms with van der Waals surface area (Å²) >= 11 is 0. The Morgan fingerprint density at radius 2 is 2.35 bits per heavy atom. The third kappa shape index (κ3) is 4.09. The molecule has 1 heterocycles. The van der Waals surface area contributed by atoms with Crippen molar-refractivity contribution in [3.63, 3.8) is 0 Å². The largest absolute Gasteiger partial charge is 0.384 e. The van der Waals surface area contributed by atoms with Gasteiger partial charge in [0.05, 0.1) is 5.92 Å². The van der Waals surface area contributed by atoms with Crippen LogP contribution in [-0.4, -0.2) is 35.6 Å². The maximum Gasteiger partial charge on any atom is 0.221 e. The first-order valence-electron chi connectivity index (χ1n) is 6.89. The molecule has 0 saturated carbocycles. The molecule has 0 radical (unpaired) electrons. The van der Waals surface area contributed by atoms with E-state index in [1.807, 2.05) is 18.2 Å². The van der Waals surface area contributed by atoms with Gasteiger partial charge in [-0.2, -0.15) is 0 Å². The Hall–Kier alpha value is -1.83. The van der Waals surface area contributed by atoms with Crippen LogP contribution in [0, 0.1) is 17.8 Å². The Morgan fingerprint density at radius 1 is 1.50 bits per heavy atom. The number of benzene rings is 1. The molecule has 3 N–H and O–H groups in total. The van der Waals surface area contributed by atoms with Gasteiger partial charge in [-0.05, 0) is 37.1 Å². The number of hydrogen-bond donors (Lipinski definition) is 2. The van der Waals surface area contributed by atoms with E-state index in [0.717, 1.165) is 38.0 Å². The molecule has 20 heavy (non-hydrogen) atoms. The molecule has 1 aromatic carbocycles. The van der Waals surface area contributed by atoms with Gasteiger partial charge in [-0.1, -0.05) is 24.0 Å². The number of piperidine rings is 1. The van der Waals surface area contributed by atoms with E-state index in [-0.39, 0.29) is 18.4 Å². The summed E-state index contributed by atoms with van der Waals surface area (Å²) in [4.78, 5) is 13.5. The van der Waals surface area contributed by atoms with Crippen LogP contribution in [0.5, 0.6) is 0 Å². The molecule has 1 aromatic rings. The number of carbonyl (C=O) groups is 1. The van der Waals surface area contributed by atoms with E-state index in [2.05, 4.69) is 22.8 Å². The van der Waals surface area contributed by atoms with Gasteiger partial charge in [-0.3, -0.25) is 9.69 Å². The van der Waals surface area contributed by atoms with E-state index in [4.69, 9.17) is 10.8 Å². The zero-order chi connectivity index (χ0) is 14.4. The molecule has 1 aliphatic rings. The Balaban J connectivity index is 2.00. The van der Waals surface area contributed by atoms with Crippen molar-refractivity contribution in [1.82, 2.24) is 4.90 Å². The molecular weight excluding hydrogens is 252 g/mol. The van der Waals surface area contributed by atoms with Crippen LogP contribution in [0.1, 0.15) is 24.0 Å². The van der Waals surface area contributed by atoms with Crippen LogP contribution in [0.2, 0.25) is 0 Å². The van der Waals surface area contributed by atoms with Gasteiger partial charge in [0.25, 0.3) is 0 Å². The van der Waals surface area contributed by atoms with Gasteiger partial charge in [0.15, 0.2) is 0 Å². The number of primary amides is 1. The van der Waals surface area contributed by atoms with Crippen molar-refractivity contribution in [2.24, 2.45) is 11.7 Å². The van der Waals surface area contributed by atoms with E-state index in [0.29, 0.717) is 0 Å². The fraction of sp³-hybridized carbons (Fsp3) is 0.438. The lowest BCUT2D eigenvalue weighted by Gasteiger charge is -2.31. The van der Waals surface area contributed by atoms with Gasteiger partial charge in [0, 0.05) is 18.7 Å². The molecule has 1 amide bonds. The summed E-state index contributed by atoms with van der Waals surface area (Å²) in [6.45, 7) is 2.41. The Morgan fingerprint density at radius 3 is 3.10 bits per heavy atom. The van der Waals surface area contributed by atoms with Crippen LogP contribution in [0.3, 0.4) is 0 Å². The molecule has 0 spiro atoms. The van der Waals surface area contributed by atoms with Crippen LogP contribution in [0.15, 0.2) is 24.3 Å². The first-order valence-corrected chi connectivity index (χ1v) is 6.89. The van der Waals surface area contributed by atoms with Gasteiger partial charge in [0.2, 0.25) is 5.91 Å². The molecule has 1 saturated heterocycles. The molecule has 0 aromatic heterocycles. The van der Waals surface area contributed by atoms with Crippen molar-refractivity contribution >= 4 is 5.91 Å². The highest BCUT2D eigenvalue weighted by molar-refractivity contribution is 5.76. The molecule has 2 rings (SSSR count). The predicted molar refractivity (Wildman–Crippen MR) is 77.6 cm³/mol. The number of nitrogens with two attached hydrogens (primary N) is 1. The van der Waals surface area contributed by atoms with E-state index < -0.39 is 0 Å². The fourth-order valence-electron chi connectivity index (χ4n) is 2.58. The molecule has 1 fully saturated rings. The normalized spacial score (nSPS) is 19.1. The van der Waals surface area contributed by atoms with Crippen molar-refractivity contribution in [3.8, 4) is 11.8 Å². The number of likely N-dealkylation sites (tertiary alicyclic amines) is 1. The molecule has 106 valence electrons. The zero-order valence-electron chi connectivity index (χ0n) is 11.5. The van der Waals surface area contributed by atoms with E-state index in [1.54, 1.807) is 0 Å². The summed E-state index contributed by atoms with van der Waals surface area (Å²) in [5.41, 5.74) is 7.46. The van der Waals surface area contributed by atoms with Crippen molar-refractivity contribution in [1.29, 1.82) is 0 Å². The minimum Gasteiger partial charge on any atom is -0.384 e. The maximum atomic E-state index is 11.3. The lowest BCUT2D eigenvalue weighted by molar-refractivity contribution is -0.123. The van der Waals surface area contributed by atoms with Gasteiger partial charge in [-0.15, -0.1) is 0 Å². The average molecular weight is 272 g/mol. The molecule has 4 heteroatoms. The molecule has 1 atom stereocenters. The summed E-state index contributed by atoms with van der Waals surface area (Å²) in [6, 6.07) is 7.97. The van der Waals surface area contributed by atoms with E-state index >= 15 is 0 Å². The number of rotatable bonds is 3. The first-order chi connectivity index (χ1) is 9.69. The molecular formula is C16H20N2O2. The Labute approximate surface area is 119 Å². The van der Waals surface area contributed by atoms with Gasteiger partial charge in [0.1, 0.15) is 6.61 Å². The van der Waals surface area contributed by atoms with Crippen molar-refractivity contribution < 1.29 is 9.90 Å². The Kier molecular flexibility index (Phi) is 5.16. The molecule has 4 nitrogen and oxygen atoms in total. The van der Waals surface area contributed by atoms with Crippen LogP contribution in [-0.2, 0) is 11.3 Å². The second-order valence-corrected chi connectivity index (χ2v) is 5.14. The smallest absolute Gasteiger partial charge is 0.221 e. The van der Waals surface area contributed by atoms with Crippen LogP contribution in [0.4, 0.5) is 0 Å². The highest BCUT2D eigenvalue weighted by Gasteiger charge is 2.23. The summed E-state index contributed by atoms with van der Waals surface area (Å²) in [5.74, 6) is 5.33. The highest BCUT2D eigenvalue weighted by Crippen LogP contribution is 2.18. The minimum atomic E-state index is -0.197. The fourth-order valence-corrected chi connectivity index (χ4v) is 2.58. The lowest BCUT2D eigenvalue weighted by Crippen LogP contribution is -2.40. The number of hydrogen-bond acceptors (Lipinski definition) is 3. The van der Waals surface area contributed by atoms with Crippen molar-refractivity contribution in [2.45, 2.75) is 19.4 Å². The number of carbonyl (C=O) groups excluding carboxylic acids is 1. The SMILES string of the molecule is NC(=O)C1CCCN(Cc2cccc(C#CCO)c2)C1. The van der Waals surface area contributed by atoms with Gasteiger partial charge < -0.3 is 10.8 Å². The third-order valence-corrected chi connectivity index (χ3v) is 3.55. The van der Waals surface area contributed by atoms with Crippen LogP contribution < -0.4 is 5.73 Å². The second-order valence-electron chi connectivity index (χ2n) is 5.14. The number of amides is 1. The van der Waals surface area contributed by atoms with Crippen molar-refractivity contribution in [3.05, 3.63) is 35.4 Å². The van der Waals surface area contributed by atoms with Gasteiger partial charge in [-0.25, -0.2) is 0 Å². The average Bonchev–Trinajstić information content (AvgIpc) is 2.46. The zero-order valence-corrected chi connectivity index (χ0v) is 11.5. The molecule has 1 unspecified atom stereocenters. The predicted octanol–water partition coefficient (Wildman–Crippen LogP) is 0.728. The van der Waals surface area contributed by atoms with E-state index in [1.165, 1.54) is 5.56 Å².